The number of nitrogens with zero attached hydrogens (tertiary/aromatic N) is 4. The third-order valence-electron chi connectivity index (χ3n) is 5.33. The van der Waals surface area contributed by atoms with Gasteiger partial charge >= 0.3 is 0 Å². The summed E-state index contributed by atoms with van der Waals surface area (Å²) in [7, 11) is 0. The number of amides is 1. The molecule has 0 radical (unpaired) electrons. The van der Waals surface area contributed by atoms with Gasteiger partial charge in [0.05, 0.1) is 24.7 Å². The highest BCUT2D eigenvalue weighted by Crippen LogP contribution is 2.22. The van der Waals surface area contributed by atoms with Crippen LogP contribution in [-0.2, 0) is 4.79 Å². The Hall–Kier alpha value is -2.72. The minimum Gasteiger partial charge on any atom is -0.381 e. The van der Waals surface area contributed by atoms with Gasteiger partial charge in [-0.3, -0.25) is 14.7 Å². The van der Waals surface area contributed by atoms with E-state index in [-0.39, 0.29) is 31.5 Å². The van der Waals surface area contributed by atoms with Crippen LogP contribution in [0.4, 0.5) is 10.1 Å². The molecule has 1 amide bonds. The van der Waals surface area contributed by atoms with Crippen LogP contribution in [0.3, 0.4) is 0 Å². The van der Waals surface area contributed by atoms with Gasteiger partial charge < -0.3 is 10.2 Å². The van der Waals surface area contributed by atoms with E-state index < -0.39 is 12.2 Å². The molecule has 2 saturated heterocycles. The molecule has 3 atom stereocenters. The van der Waals surface area contributed by atoms with Gasteiger partial charge in [0.15, 0.2) is 0 Å². The number of rotatable bonds is 4. The molecule has 1 aromatic carbocycles. The first kappa shape index (κ1) is 17.7. The Morgan fingerprint density at radius 2 is 2.26 bits per heavy atom. The van der Waals surface area contributed by atoms with Crippen LogP contribution in [0.5, 0.6) is 0 Å². The lowest BCUT2D eigenvalue weighted by Gasteiger charge is -2.23. The number of anilines is 1. The Morgan fingerprint density at radius 3 is 3.11 bits per heavy atom. The fourth-order valence-electron chi connectivity index (χ4n) is 3.95. The number of nitrogens with one attached hydrogen (secondary N) is 1. The summed E-state index contributed by atoms with van der Waals surface area (Å²) in [6.07, 6.45) is 1.75. The van der Waals surface area contributed by atoms with Crippen molar-refractivity contribution in [3.05, 3.63) is 36.5 Å². The van der Waals surface area contributed by atoms with Gasteiger partial charge in [0.2, 0.25) is 5.91 Å². The average Bonchev–Trinajstić information content (AvgIpc) is 3.27. The fraction of sp³-hybridized carbons (Fsp3) is 0.450. The SMILES string of the molecule is N#C[C@@H]1C[C@H](F)CN1C(=O)CN1CC[C@@H](Nc2ccc3cccnc3c2)C1. The number of benzene rings is 1. The molecule has 3 heterocycles. The largest absolute Gasteiger partial charge is 0.381 e. The first-order valence-corrected chi connectivity index (χ1v) is 9.29. The second-order valence-electron chi connectivity index (χ2n) is 7.30. The first-order chi connectivity index (χ1) is 13.1. The maximum absolute atomic E-state index is 13.5. The summed E-state index contributed by atoms with van der Waals surface area (Å²) in [6, 6.07) is 11.7. The third-order valence-corrected chi connectivity index (χ3v) is 5.33. The zero-order valence-corrected chi connectivity index (χ0v) is 15.0. The number of halogens is 1. The first-order valence-electron chi connectivity index (χ1n) is 9.29. The van der Waals surface area contributed by atoms with Crippen molar-refractivity contribution >= 4 is 22.5 Å². The number of hydrogen-bond donors (Lipinski definition) is 1. The van der Waals surface area contributed by atoms with Gasteiger partial charge in [-0.25, -0.2) is 4.39 Å². The van der Waals surface area contributed by atoms with Crippen LogP contribution < -0.4 is 5.32 Å². The normalized spacial score (nSPS) is 25.6. The molecule has 2 aliphatic heterocycles. The molecular formula is C20H22FN5O. The number of carbonyl (C=O) groups is 1. The Balaban J connectivity index is 1.33. The number of pyridine rings is 1. The van der Waals surface area contributed by atoms with Gasteiger partial charge in [0.1, 0.15) is 12.2 Å². The summed E-state index contributed by atoms with van der Waals surface area (Å²) in [4.78, 5) is 20.3. The van der Waals surface area contributed by atoms with Crippen molar-refractivity contribution in [3.63, 3.8) is 0 Å². The fourth-order valence-corrected chi connectivity index (χ4v) is 3.95. The van der Waals surface area contributed by atoms with Crippen LogP contribution >= 0.6 is 0 Å². The topological polar surface area (TPSA) is 72.3 Å². The van der Waals surface area contributed by atoms with Crippen LogP contribution in [0.25, 0.3) is 10.9 Å². The number of carbonyl (C=O) groups excluding carboxylic acids is 1. The summed E-state index contributed by atoms with van der Waals surface area (Å²) in [5.74, 6) is -0.155. The molecule has 4 rings (SSSR count). The van der Waals surface area contributed by atoms with Gasteiger partial charge in [-0.2, -0.15) is 5.26 Å². The van der Waals surface area contributed by atoms with E-state index in [4.69, 9.17) is 5.26 Å². The van der Waals surface area contributed by atoms with Crippen molar-refractivity contribution in [2.24, 2.45) is 0 Å². The molecule has 27 heavy (non-hydrogen) atoms. The van der Waals surface area contributed by atoms with Crippen molar-refractivity contribution in [1.29, 1.82) is 5.26 Å². The lowest BCUT2D eigenvalue weighted by atomic mass is 10.2. The van der Waals surface area contributed by atoms with Crippen LogP contribution in [-0.4, -0.2) is 65.1 Å². The monoisotopic (exact) mass is 367 g/mol. The predicted octanol–water partition coefficient (Wildman–Crippen LogP) is 2.18. The van der Waals surface area contributed by atoms with Crippen molar-refractivity contribution in [1.82, 2.24) is 14.8 Å². The van der Waals surface area contributed by atoms with E-state index in [0.29, 0.717) is 0 Å². The highest BCUT2D eigenvalue weighted by Gasteiger charge is 2.36. The number of aromatic nitrogens is 1. The van der Waals surface area contributed by atoms with Crippen molar-refractivity contribution in [2.75, 3.05) is 31.5 Å². The van der Waals surface area contributed by atoms with Gasteiger partial charge in [-0.05, 0) is 24.6 Å². The molecule has 1 aromatic heterocycles. The second-order valence-corrected chi connectivity index (χ2v) is 7.30. The Bertz CT molecular complexity index is 882. The third kappa shape index (κ3) is 3.86. The summed E-state index contributed by atoms with van der Waals surface area (Å²) >= 11 is 0. The highest BCUT2D eigenvalue weighted by molar-refractivity contribution is 5.82. The number of fused-ring (bicyclic) bond motifs is 1. The van der Waals surface area contributed by atoms with Gasteiger partial charge in [0, 0.05) is 42.8 Å². The van der Waals surface area contributed by atoms with Crippen LogP contribution in [0.1, 0.15) is 12.8 Å². The minimum absolute atomic E-state index is 0.0384. The lowest BCUT2D eigenvalue weighted by molar-refractivity contribution is -0.132. The number of hydrogen-bond acceptors (Lipinski definition) is 5. The Labute approximate surface area is 157 Å². The molecule has 0 spiro atoms. The highest BCUT2D eigenvalue weighted by atomic mass is 19.1. The van der Waals surface area contributed by atoms with Crippen molar-refractivity contribution in [3.8, 4) is 6.07 Å². The summed E-state index contributed by atoms with van der Waals surface area (Å²) in [5.41, 5.74) is 1.97. The van der Waals surface area contributed by atoms with E-state index in [1.807, 2.05) is 36.4 Å². The van der Waals surface area contributed by atoms with Crippen molar-refractivity contribution < 1.29 is 9.18 Å². The number of nitriles is 1. The predicted molar refractivity (Wildman–Crippen MR) is 101 cm³/mol. The maximum Gasteiger partial charge on any atom is 0.237 e. The molecule has 140 valence electrons. The summed E-state index contributed by atoms with van der Waals surface area (Å²) in [6.45, 7) is 1.83. The van der Waals surface area contributed by atoms with Gasteiger partial charge in [-0.1, -0.05) is 12.1 Å². The Morgan fingerprint density at radius 1 is 1.37 bits per heavy atom. The number of likely N-dealkylation sites (tertiary alicyclic amines) is 2. The zero-order chi connectivity index (χ0) is 18.8. The summed E-state index contributed by atoms with van der Waals surface area (Å²) < 4.78 is 13.5. The molecule has 0 unspecified atom stereocenters. The molecule has 2 fully saturated rings. The molecule has 2 aliphatic rings. The van der Waals surface area contributed by atoms with Crippen LogP contribution in [0, 0.1) is 11.3 Å². The average molecular weight is 367 g/mol. The lowest BCUT2D eigenvalue weighted by Crippen LogP contribution is -2.42. The van der Waals surface area contributed by atoms with Crippen LogP contribution in [0.2, 0.25) is 0 Å². The van der Waals surface area contributed by atoms with E-state index in [0.717, 1.165) is 36.1 Å². The number of alkyl halides is 1. The molecular weight excluding hydrogens is 345 g/mol. The van der Waals surface area contributed by atoms with E-state index in [1.54, 1.807) is 6.20 Å². The van der Waals surface area contributed by atoms with Gasteiger partial charge in [0.25, 0.3) is 0 Å². The standard InChI is InChI=1S/C20H22FN5O/c21-15-8-18(10-22)26(11-15)20(27)13-25-7-5-17(12-25)24-16-4-3-14-2-1-6-23-19(14)9-16/h1-4,6,9,15,17-18,24H,5,7-8,11-13H2/t15-,17+,18-/m0/s1. The Kier molecular flexibility index (Phi) is 4.90. The maximum atomic E-state index is 13.5. The van der Waals surface area contributed by atoms with E-state index in [9.17, 15) is 9.18 Å². The van der Waals surface area contributed by atoms with E-state index in [1.165, 1.54) is 4.90 Å². The molecule has 1 N–H and O–H groups in total. The molecule has 2 aromatic rings. The minimum atomic E-state index is -1.09. The molecule has 0 saturated carbocycles. The van der Waals surface area contributed by atoms with E-state index >= 15 is 0 Å². The van der Waals surface area contributed by atoms with Gasteiger partial charge in [-0.15, -0.1) is 0 Å². The molecule has 7 heteroatoms. The van der Waals surface area contributed by atoms with Crippen LogP contribution in [0.15, 0.2) is 36.5 Å². The van der Waals surface area contributed by atoms with Crippen molar-refractivity contribution in [2.45, 2.75) is 31.1 Å². The van der Waals surface area contributed by atoms with E-state index in [2.05, 4.69) is 15.2 Å². The molecule has 0 aliphatic carbocycles. The quantitative estimate of drug-likeness (QED) is 0.897. The smallest absolute Gasteiger partial charge is 0.237 e. The zero-order valence-electron chi connectivity index (χ0n) is 15.0. The molecule has 0 bridgehead atoms. The summed E-state index contributed by atoms with van der Waals surface area (Å²) in [5, 5.41) is 13.7. The molecule has 6 nitrogen and oxygen atoms in total. The second kappa shape index (κ2) is 7.49.